The first-order chi connectivity index (χ1) is 10.3. The lowest BCUT2D eigenvalue weighted by molar-refractivity contribution is -0.137. The summed E-state index contributed by atoms with van der Waals surface area (Å²) in [5.74, 6) is 1.23. The highest BCUT2D eigenvalue weighted by Gasteiger charge is 2.34. The number of fused-ring (bicyclic) bond motifs is 1. The minimum Gasteiger partial charge on any atom is -0.492 e. The van der Waals surface area contributed by atoms with Crippen LogP contribution in [-0.2, 0) is 11.2 Å². The van der Waals surface area contributed by atoms with E-state index in [1.165, 1.54) is 5.56 Å². The third kappa shape index (κ3) is 3.25. The maximum Gasteiger partial charge on any atom is 0.229 e. The molecular formula is C17H22BrNO2. The minimum absolute atomic E-state index is 0.00975. The molecule has 114 valence electrons. The second kappa shape index (κ2) is 6.82. The number of carbonyl (C=O) groups is 1. The van der Waals surface area contributed by atoms with Crippen LogP contribution in [0.1, 0.15) is 31.2 Å². The predicted octanol–water partition coefficient (Wildman–Crippen LogP) is 3.40. The quantitative estimate of drug-likeness (QED) is 0.778. The van der Waals surface area contributed by atoms with Gasteiger partial charge in [0.05, 0.1) is 5.92 Å². The number of alkyl halides is 1. The first kappa shape index (κ1) is 14.9. The average Bonchev–Trinajstić information content (AvgIpc) is 3.00. The largest absolute Gasteiger partial charge is 0.492 e. The molecule has 0 spiro atoms. The molecule has 2 atom stereocenters. The van der Waals surface area contributed by atoms with E-state index in [1.54, 1.807) is 0 Å². The summed E-state index contributed by atoms with van der Waals surface area (Å²) in [5.41, 5.74) is 1.17. The van der Waals surface area contributed by atoms with E-state index in [9.17, 15) is 4.79 Å². The Kier molecular flexibility index (Phi) is 4.84. The molecule has 1 aromatic rings. The Labute approximate surface area is 134 Å². The first-order valence-corrected chi connectivity index (χ1v) is 8.99. The van der Waals surface area contributed by atoms with Crippen molar-refractivity contribution in [1.82, 2.24) is 4.90 Å². The van der Waals surface area contributed by atoms with Gasteiger partial charge < -0.3 is 9.64 Å². The van der Waals surface area contributed by atoms with E-state index in [0.717, 1.165) is 49.7 Å². The molecule has 2 aliphatic rings. The van der Waals surface area contributed by atoms with Crippen LogP contribution in [0, 0.1) is 5.92 Å². The number of likely N-dealkylation sites (tertiary alicyclic amines) is 1. The summed E-state index contributed by atoms with van der Waals surface area (Å²) in [6.45, 7) is 1.45. The summed E-state index contributed by atoms with van der Waals surface area (Å²) in [4.78, 5) is 14.9. The average molecular weight is 352 g/mol. The molecule has 2 unspecified atom stereocenters. The van der Waals surface area contributed by atoms with Gasteiger partial charge >= 0.3 is 0 Å². The molecule has 0 aliphatic carbocycles. The van der Waals surface area contributed by atoms with Gasteiger partial charge in [-0.25, -0.2) is 0 Å². The Balaban J connectivity index is 1.66. The zero-order valence-corrected chi connectivity index (χ0v) is 13.8. The number of amides is 1. The topological polar surface area (TPSA) is 29.5 Å². The lowest BCUT2D eigenvalue weighted by Crippen LogP contribution is -2.43. The van der Waals surface area contributed by atoms with Crippen molar-refractivity contribution in [1.29, 1.82) is 0 Å². The van der Waals surface area contributed by atoms with E-state index in [4.69, 9.17) is 4.74 Å². The van der Waals surface area contributed by atoms with Crippen LogP contribution < -0.4 is 4.74 Å². The summed E-state index contributed by atoms with van der Waals surface area (Å²) in [5, 5.41) is 1.02. The number of carbonyl (C=O) groups excluding carboxylic acids is 1. The second-order valence-electron chi connectivity index (χ2n) is 5.98. The summed E-state index contributed by atoms with van der Waals surface area (Å²) in [7, 11) is 0. The van der Waals surface area contributed by atoms with Crippen molar-refractivity contribution in [3.05, 3.63) is 29.8 Å². The van der Waals surface area contributed by atoms with Gasteiger partial charge in [-0.1, -0.05) is 34.1 Å². The van der Waals surface area contributed by atoms with E-state index in [-0.39, 0.29) is 5.92 Å². The minimum atomic E-state index is -0.00975. The highest BCUT2D eigenvalue weighted by Crippen LogP contribution is 2.30. The molecule has 1 saturated heterocycles. The fourth-order valence-electron chi connectivity index (χ4n) is 3.46. The van der Waals surface area contributed by atoms with Crippen LogP contribution in [0.25, 0.3) is 0 Å². The van der Waals surface area contributed by atoms with Gasteiger partial charge in [-0.2, -0.15) is 0 Å². The Bertz CT molecular complexity index is 505. The smallest absolute Gasteiger partial charge is 0.229 e. The fourth-order valence-corrected chi connectivity index (χ4v) is 3.78. The van der Waals surface area contributed by atoms with Gasteiger partial charge in [-0.05, 0) is 43.7 Å². The van der Waals surface area contributed by atoms with Crippen LogP contribution in [0.4, 0.5) is 0 Å². The molecule has 21 heavy (non-hydrogen) atoms. The van der Waals surface area contributed by atoms with Crippen LogP contribution in [0.3, 0.4) is 0 Å². The van der Waals surface area contributed by atoms with Crippen LogP contribution in [0.2, 0.25) is 0 Å². The lowest BCUT2D eigenvalue weighted by Gasteiger charge is -2.31. The third-order valence-corrected chi connectivity index (χ3v) is 5.12. The predicted molar refractivity (Wildman–Crippen MR) is 86.9 cm³/mol. The Morgan fingerprint density at radius 2 is 2.24 bits per heavy atom. The van der Waals surface area contributed by atoms with E-state index in [2.05, 4.69) is 26.9 Å². The third-order valence-electron chi connectivity index (χ3n) is 4.56. The number of para-hydroxylation sites is 1. The molecule has 1 fully saturated rings. The van der Waals surface area contributed by atoms with Gasteiger partial charge in [-0.15, -0.1) is 0 Å². The van der Waals surface area contributed by atoms with Gasteiger partial charge in [0.1, 0.15) is 12.4 Å². The van der Waals surface area contributed by atoms with Crippen molar-refractivity contribution >= 4 is 21.8 Å². The summed E-state index contributed by atoms with van der Waals surface area (Å²) < 4.78 is 5.78. The number of nitrogens with zero attached hydrogens (tertiary/aromatic N) is 1. The van der Waals surface area contributed by atoms with E-state index >= 15 is 0 Å². The molecule has 0 bridgehead atoms. The van der Waals surface area contributed by atoms with Crippen molar-refractivity contribution in [2.45, 2.75) is 38.1 Å². The molecule has 3 rings (SSSR count). The molecular weight excluding hydrogens is 330 g/mol. The maximum absolute atomic E-state index is 12.8. The van der Waals surface area contributed by atoms with Gasteiger partial charge in [0.25, 0.3) is 0 Å². The Hall–Kier alpha value is -1.03. The van der Waals surface area contributed by atoms with E-state index in [0.29, 0.717) is 18.6 Å². The van der Waals surface area contributed by atoms with Crippen molar-refractivity contribution in [3.8, 4) is 5.75 Å². The number of hydrogen-bond donors (Lipinski definition) is 0. The molecule has 0 aromatic heterocycles. The number of ether oxygens (including phenoxy) is 1. The second-order valence-corrected chi connectivity index (χ2v) is 6.77. The van der Waals surface area contributed by atoms with Crippen LogP contribution in [-0.4, -0.2) is 35.3 Å². The van der Waals surface area contributed by atoms with Gasteiger partial charge in [0.15, 0.2) is 0 Å². The van der Waals surface area contributed by atoms with Crippen LogP contribution >= 0.6 is 15.9 Å². The van der Waals surface area contributed by atoms with Crippen molar-refractivity contribution < 1.29 is 9.53 Å². The maximum atomic E-state index is 12.8. The zero-order chi connectivity index (χ0) is 14.7. The highest BCUT2D eigenvalue weighted by molar-refractivity contribution is 9.09. The molecule has 2 aliphatic heterocycles. The molecule has 1 aromatic carbocycles. The molecule has 0 saturated carbocycles. The van der Waals surface area contributed by atoms with Crippen LogP contribution in [0.15, 0.2) is 24.3 Å². The molecule has 2 heterocycles. The van der Waals surface area contributed by atoms with Gasteiger partial charge in [0, 0.05) is 17.9 Å². The highest BCUT2D eigenvalue weighted by atomic mass is 79.9. The number of hydrogen-bond acceptors (Lipinski definition) is 2. The van der Waals surface area contributed by atoms with Crippen LogP contribution in [0.5, 0.6) is 5.75 Å². The molecule has 0 radical (unpaired) electrons. The van der Waals surface area contributed by atoms with Crippen molar-refractivity contribution in [2.24, 2.45) is 5.92 Å². The normalized spacial score (nSPS) is 24.5. The monoisotopic (exact) mass is 351 g/mol. The van der Waals surface area contributed by atoms with Crippen molar-refractivity contribution in [2.75, 3.05) is 18.5 Å². The van der Waals surface area contributed by atoms with Gasteiger partial charge in [-0.3, -0.25) is 4.79 Å². The van der Waals surface area contributed by atoms with Gasteiger partial charge in [0.2, 0.25) is 5.91 Å². The van der Waals surface area contributed by atoms with E-state index < -0.39 is 0 Å². The van der Waals surface area contributed by atoms with E-state index in [1.807, 2.05) is 18.2 Å². The molecule has 0 N–H and O–H groups in total. The molecule has 1 amide bonds. The number of benzene rings is 1. The number of halogens is 1. The molecule has 4 heteroatoms. The summed E-state index contributed by atoms with van der Waals surface area (Å²) in [6, 6.07) is 8.50. The first-order valence-electron chi connectivity index (χ1n) is 7.86. The summed E-state index contributed by atoms with van der Waals surface area (Å²) >= 11 is 3.48. The number of rotatable bonds is 4. The lowest BCUT2D eigenvalue weighted by atomic mass is 9.95. The van der Waals surface area contributed by atoms with Crippen molar-refractivity contribution in [3.63, 3.8) is 0 Å². The Morgan fingerprint density at radius 3 is 3.10 bits per heavy atom. The molecule has 3 nitrogen and oxygen atoms in total. The fraction of sp³-hybridized carbons (Fsp3) is 0.588. The zero-order valence-electron chi connectivity index (χ0n) is 12.3. The Morgan fingerprint density at radius 1 is 1.38 bits per heavy atom. The summed E-state index contributed by atoms with van der Waals surface area (Å²) in [6.07, 6.45) is 5.36. The SMILES string of the molecule is O=C(C1COc2ccccc2C1)N1CCCC1CCCBr. The standard InChI is InChI=1S/C17H22BrNO2/c18-9-3-6-15-7-4-10-19(15)17(20)14-11-13-5-1-2-8-16(13)21-12-14/h1-2,5,8,14-15H,3-4,6-7,9-12H2.